The molecule has 1 aromatic rings. The zero-order valence-corrected chi connectivity index (χ0v) is 12.9. The summed E-state index contributed by atoms with van der Waals surface area (Å²) < 4.78 is 5.10. The zero-order chi connectivity index (χ0) is 16.6. The summed E-state index contributed by atoms with van der Waals surface area (Å²) in [4.78, 5) is 19.1. The third kappa shape index (κ3) is 2.38. The number of phenols is 1. The van der Waals surface area contributed by atoms with Gasteiger partial charge in [0.15, 0.2) is 11.5 Å². The van der Waals surface area contributed by atoms with Crippen molar-refractivity contribution >= 4 is 17.8 Å². The van der Waals surface area contributed by atoms with Crippen LogP contribution in [0.5, 0.6) is 11.5 Å². The molecule has 2 heterocycles. The van der Waals surface area contributed by atoms with E-state index in [2.05, 4.69) is 10.9 Å². The molecule has 0 aromatic heterocycles. The number of amides is 1. The van der Waals surface area contributed by atoms with Gasteiger partial charge in [0, 0.05) is 18.0 Å². The van der Waals surface area contributed by atoms with Crippen molar-refractivity contribution in [2.45, 2.75) is 19.4 Å². The average molecular weight is 308 g/mol. The van der Waals surface area contributed by atoms with E-state index in [1.165, 1.54) is 19.2 Å². The largest absolute Gasteiger partial charge is 0.504 e. The molecule has 0 radical (unpaired) electrons. The molecule has 1 N–H and O–H groups in total. The molecule has 5 heteroatoms. The van der Waals surface area contributed by atoms with Crippen LogP contribution in [-0.2, 0) is 0 Å². The molecule has 116 valence electrons. The Morgan fingerprint density at radius 3 is 3.00 bits per heavy atom. The maximum atomic E-state index is 13.0. The number of rotatable bonds is 2. The minimum atomic E-state index is -0.186. The Morgan fingerprint density at radius 2 is 2.30 bits per heavy atom. The Kier molecular flexibility index (Phi) is 3.67. The van der Waals surface area contributed by atoms with Crippen molar-refractivity contribution < 1.29 is 14.6 Å². The maximum absolute atomic E-state index is 13.0. The molecule has 0 saturated heterocycles. The van der Waals surface area contributed by atoms with Gasteiger partial charge in [0.1, 0.15) is 0 Å². The first-order valence-electron chi connectivity index (χ1n) is 7.18. The molecular formula is C18H16N2O3. The van der Waals surface area contributed by atoms with Gasteiger partial charge in [-0.25, -0.2) is 0 Å². The first-order valence-corrected chi connectivity index (χ1v) is 7.18. The molecule has 0 fully saturated rings. The van der Waals surface area contributed by atoms with Crippen LogP contribution in [0.2, 0.25) is 0 Å². The van der Waals surface area contributed by atoms with Crippen LogP contribution in [-0.4, -0.2) is 35.3 Å². The number of methoxy groups -OCH3 is 1. The number of carbonyl (C=O) groups excluding carboxylic acids is 1. The molecule has 5 nitrogen and oxygen atoms in total. The number of fused-ring (bicyclic) bond motifs is 2. The molecule has 3 rings (SSSR count). The van der Waals surface area contributed by atoms with E-state index in [9.17, 15) is 9.90 Å². The highest BCUT2D eigenvalue weighted by molar-refractivity contribution is 6.05. The van der Waals surface area contributed by atoms with Crippen molar-refractivity contribution in [2.24, 2.45) is 4.99 Å². The van der Waals surface area contributed by atoms with E-state index in [-0.39, 0.29) is 23.4 Å². The molecule has 1 atom stereocenters. The molecular weight excluding hydrogens is 292 g/mol. The number of hydrogen-bond donors (Lipinski definition) is 1. The van der Waals surface area contributed by atoms with Crippen molar-refractivity contribution in [3.05, 3.63) is 41.1 Å². The Balaban J connectivity index is 2.11. The SMILES string of the molecule is C#C/C=C\C1=C(C)C[C@H]2C=Nc3cc(O)c(OC)cc3C(=O)N12. The smallest absolute Gasteiger partial charge is 0.261 e. The number of carbonyl (C=O) groups is 1. The van der Waals surface area contributed by atoms with Gasteiger partial charge in [-0.05, 0) is 37.1 Å². The van der Waals surface area contributed by atoms with Crippen LogP contribution in [0.4, 0.5) is 5.69 Å². The fourth-order valence-electron chi connectivity index (χ4n) is 2.92. The van der Waals surface area contributed by atoms with Gasteiger partial charge in [-0.2, -0.15) is 0 Å². The zero-order valence-electron chi connectivity index (χ0n) is 12.9. The number of phenolic OH excluding ortho intramolecular Hbond substituents is 1. The second kappa shape index (κ2) is 5.65. The molecule has 23 heavy (non-hydrogen) atoms. The number of hydrogen-bond acceptors (Lipinski definition) is 4. The summed E-state index contributed by atoms with van der Waals surface area (Å²) in [5, 5.41) is 9.89. The minimum Gasteiger partial charge on any atom is -0.504 e. The van der Waals surface area contributed by atoms with Gasteiger partial charge in [-0.15, -0.1) is 6.42 Å². The second-order valence-electron chi connectivity index (χ2n) is 5.43. The van der Waals surface area contributed by atoms with E-state index >= 15 is 0 Å². The highest BCUT2D eigenvalue weighted by Gasteiger charge is 2.36. The minimum absolute atomic E-state index is 0.0440. The number of ether oxygens (including phenoxy) is 1. The summed E-state index contributed by atoms with van der Waals surface area (Å²) in [6, 6.07) is 2.81. The Bertz CT molecular complexity index is 812. The monoisotopic (exact) mass is 308 g/mol. The highest BCUT2D eigenvalue weighted by atomic mass is 16.5. The Hall–Kier alpha value is -3.00. The van der Waals surface area contributed by atoms with Crippen molar-refractivity contribution in [1.82, 2.24) is 4.90 Å². The summed E-state index contributed by atoms with van der Waals surface area (Å²) >= 11 is 0. The molecule has 2 aliphatic rings. The number of aromatic hydroxyl groups is 1. The van der Waals surface area contributed by atoms with Gasteiger partial charge in [-0.1, -0.05) is 5.92 Å². The lowest BCUT2D eigenvalue weighted by molar-refractivity contribution is 0.0806. The molecule has 0 aliphatic carbocycles. The molecule has 0 saturated carbocycles. The fraction of sp³-hybridized carbons (Fsp3) is 0.222. The van der Waals surface area contributed by atoms with Crippen molar-refractivity contribution in [1.29, 1.82) is 0 Å². The predicted molar refractivity (Wildman–Crippen MR) is 88.1 cm³/mol. The first kappa shape index (κ1) is 14.9. The van der Waals surface area contributed by atoms with Gasteiger partial charge in [0.25, 0.3) is 5.91 Å². The van der Waals surface area contributed by atoms with Gasteiger partial charge >= 0.3 is 0 Å². The highest BCUT2D eigenvalue weighted by Crippen LogP contribution is 2.39. The van der Waals surface area contributed by atoms with Crippen LogP contribution in [0.3, 0.4) is 0 Å². The van der Waals surface area contributed by atoms with Gasteiger partial charge in [0.05, 0.1) is 24.4 Å². The van der Waals surface area contributed by atoms with Crippen LogP contribution >= 0.6 is 0 Å². The molecule has 0 spiro atoms. The topological polar surface area (TPSA) is 62.1 Å². The normalized spacial score (nSPS) is 19.6. The molecule has 2 aliphatic heterocycles. The lowest BCUT2D eigenvalue weighted by atomic mass is 10.1. The number of nitrogens with zero attached hydrogens (tertiary/aromatic N) is 2. The summed E-state index contributed by atoms with van der Waals surface area (Å²) in [6.07, 6.45) is 11.1. The van der Waals surface area contributed by atoms with Crippen LogP contribution in [0.25, 0.3) is 0 Å². The summed E-state index contributed by atoms with van der Waals surface area (Å²) in [6.45, 7) is 1.98. The number of terminal acetylenes is 1. The number of aliphatic imine (C=N–C) groups is 1. The molecule has 1 amide bonds. The van der Waals surface area contributed by atoms with E-state index in [4.69, 9.17) is 11.2 Å². The Labute approximate surface area is 134 Å². The van der Waals surface area contributed by atoms with Gasteiger partial charge in [-0.3, -0.25) is 14.7 Å². The predicted octanol–water partition coefficient (Wildman–Crippen LogP) is 2.79. The third-order valence-corrected chi connectivity index (χ3v) is 4.01. The number of benzene rings is 1. The fourth-order valence-corrected chi connectivity index (χ4v) is 2.92. The third-order valence-electron chi connectivity index (χ3n) is 4.01. The lowest BCUT2D eigenvalue weighted by Crippen LogP contribution is -2.35. The second-order valence-corrected chi connectivity index (χ2v) is 5.43. The lowest BCUT2D eigenvalue weighted by Gasteiger charge is -2.23. The van der Waals surface area contributed by atoms with Crippen LogP contribution in [0, 0.1) is 12.3 Å². The quantitative estimate of drug-likeness (QED) is 0.855. The molecule has 0 bridgehead atoms. The van der Waals surface area contributed by atoms with Crippen LogP contribution in [0.15, 0.2) is 40.5 Å². The van der Waals surface area contributed by atoms with Gasteiger partial charge < -0.3 is 9.84 Å². The van der Waals surface area contributed by atoms with Crippen molar-refractivity contribution in [3.8, 4) is 23.8 Å². The van der Waals surface area contributed by atoms with E-state index in [0.717, 1.165) is 11.3 Å². The average Bonchev–Trinajstić information content (AvgIpc) is 2.79. The summed E-state index contributed by atoms with van der Waals surface area (Å²) in [5.74, 6) is 2.46. The Morgan fingerprint density at radius 1 is 1.52 bits per heavy atom. The van der Waals surface area contributed by atoms with E-state index < -0.39 is 0 Å². The summed E-state index contributed by atoms with van der Waals surface area (Å²) in [7, 11) is 1.44. The van der Waals surface area contributed by atoms with E-state index in [1.807, 2.05) is 6.92 Å². The number of allylic oxidation sites excluding steroid dienone is 2. The summed E-state index contributed by atoms with van der Waals surface area (Å²) in [5.41, 5.74) is 2.69. The standard InChI is InChI=1S/C18H16N2O3/c1-4-5-6-15-11(2)7-12-10-19-14-9-16(21)17(23-3)8-13(14)18(22)20(12)15/h1,5-6,8-10,12,21H,7H2,2-3H3/b6-5-/t12-/m0/s1. The first-order chi connectivity index (χ1) is 11.1. The van der Waals surface area contributed by atoms with Crippen molar-refractivity contribution in [2.75, 3.05) is 7.11 Å². The maximum Gasteiger partial charge on any atom is 0.261 e. The molecule has 0 unspecified atom stereocenters. The van der Waals surface area contributed by atoms with Crippen LogP contribution in [0.1, 0.15) is 23.7 Å². The van der Waals surface area contributed by atoms with Gasteiger partial charge in [0.2, 0.25) is 0 Å². The van der Waals surface area contributed by atoms with E-state index in [0.29, 0.717) is 17.7 Å². The van der Waals surface area contributed by atoms with E-state index in [1.54, 1.807) is 23.3 Å². The van der Waals surface area contributed by atoms with Crippen LogP contribution < -0.4 is 4.74 Å². The molecule has 1 aromatic carbocycles. The van der Waals surface area contributed by atoms with Crippen molar-refractivity contribution in [3.63, 3.8) is 0 Å².